The second kappa shape index (κ2) is 8.37. The van der Waals surface area contributed by atoms with Gasteiger partial charge in [0.1, 0.15) is 16.7 Å². The molecule has 0 saturated carbocycles. The summed E-state index contributed by atoms with van der Waals surface area (Å²) in [6, 6.07) is 4.42. The van der Waals surface area contributed by atoms with Crippen LogP contribution in [0, 0.1) is 6.92 Å². The molecule has 0 spiro atoms. The zero-order chi connectivity index (χ0) is 21.5. The SMILES string of the molecule is Cc1c(Cl)nc(CNc2cc(C(C)(C)C)c(Cl)cc2O)n1C1CCN(C(C)C)C1. The minimum Gasteiger partial charge on any atom is -0.506 e. The van der Waals surface area contributed by atoms with Crippen LogP contribution in [0.3, 0.4) is 0 Å². The van der Waals surface area contributed by atoms with Crippen LogP contribution in [0.25, 0.3) is 0 Å². The number of phenols is 1. The number of imidazole rings is 1. The van der Waals surface area contributed by atoms with Gasteiger partial charge in [-0.3, -0.25) is 4.90 Å². The van der Waals surface area contributed by atoms with Gasteiger partial charge in [0, 0.05) is 36.3 Å². The van der Waals surface area contributed by atoms with Crippen LogP contribution in [0.5, 0.6) is 5.75 Å². The van der Waals surface area contributed by atoms with Gasteiger partial charge in [0.05, 0.1) is 17.9 Å². The molecule has 7 heteroatoms. The van der Waals surface area contributed by atoms with E-state index in [0.717, 1.165) is 36.6 Å². The summed E-state index contributed by atoms with van der Waals surface area (Å²) in [7, 11) is 0. The first-order chi connectivity index (χ1) is 13.5. The smallest absolute Gasteiger partial charge is 0.150 e. The van der Waals surface area contributed by atoms with E-state index in [1.165, 1.54) is 0 Å². The predicted molar refractivity (Wildman–Crippen MR) is 121 cm³/mol. The Bertz CT molecular complexity index is 886. The first-order valence-corrected chi connectivity index (χ1v) is 11.0. The van der Waals surface area contributed by atoms with Gasteiger partial charge in [-0.1, -0.05) is 44.0 Å². The number of phenolic OH excluding ortho intramolecular Hbond substituents is 1. The lowest BCUT2D eigenvalue weighted by Gasteiger charge is -2.23. The van der Waals surface area contributed by atoms with Crippen LogP contribution >= 0.6 is 23.2 Å². The van der Waals surface area contributed by atoms with E-state index in [2.05, 4.69) is 54.4 Å². The van der Waals surface area contributed by atoms with Crippen LogP contribution in [-0.4, -0.2) is 38.7 Å². The van der Waals surface area contributed by atoms with Gasteiger partial charge >= 0.3 is 0 Å². The molecule has 1 saturated heterocycles. The van der Waals surface area contributed by atoms with Crippen LogP contribution < -0.4 is 5.32 Å². The lowest BCUT2D eigenvalue weighted by atomic mass is 9.86. The van der Waals surface area contributed by atoms with Crippen molar-refractivity contribution in [2.24, 2.45) is 0 Å². The maximum absolute atomic E-state index is 10.4. The number of aromatic nitrogens is 2. The minimum absolute atomic E-state index is 0.121. The Balaban J connectivity index is 1.85. The molecule has 0 aliphatic carbocycles. The number of halogens is 2. The molecule has 1 aliphatic heterocycles. The summed E-state index contributed by atoms with van der Waals surface area (Å²) in [5.74, 6) is 1.02. The fraction of sp³-hybridized carbons (Fsp3) is 0.591. The number of anilines is 1. The van der Waals surface area contributed by atoms with E-state index in [1.54, 1.807) is 6.07 Å². The lowest BCUT2D eigenvalue weighted by Crippen LogP contribution is -2.29. The maximum Gasteiger partial charge on any atom is 0.150 e. The molecule has 29 heavy (non-hydrogen) atoms. The van der Waals surface area contributed by atoms with Gasteiger partial charge in [-0.2, -0.15) is 0 Å². The Morgan fingerprint density at radius 2 is 1.97 bits per heavy atom. The molecule has 1 aromatic heterocycles. The van der Waals surface area contributed by atoms with Crippen LogP contribution in [0.4, 0.5) is 5.69 Å². The third-order valence-electron chi connectivity index (χ3n) is 5.79. The highest BCUT2D eigenvalue weighted by Crippen LogP contribution is 2.37. The van der Waals surface area contributed by atoms with Crippen molar-refractivity contribution in [3.8, 4) is 5.75 Å². The Morgan fingerprint density at radius 3 is 2.55 bits per heavy atom. The first-order valence-electron chi connectivity index (χ1n) is 10.2. The van der Waals surface area contributed by atoms with Crippen molar-refractivity contribution in [2.75, 3.05) is 18.4 Å². The Hall–Kier alpha value is -1.43. The summed E-state index contributed by atoms with van der Waals surface area (Å²) in [5.41, 5.74) is 2.51. The number of hydrogen-bond acceptors (Lipinski definition) is 4. The van der Waals surface area contributed by atoms with Crippen LogP contribution in [0.1, 0.15) is 64.2 Å². The molecule has 1 atom stereocenters. The van der Waals surface area contributed by atoms with Crippen molar-refractivity contribution in [1.82, 2.24) is 14.5 Å². The molecule has 1 aromatic carbocycles. The number of benzene rings is 1. The third-order valence-corrected chi connectivity index (χ3v) is 6.46. The molecule has 2 heterocycles. The number of likely N-dealkylation sites (tertiary alicyclic amines) is 1. The second-order valence-corrected chi connectivity index (χ2v) is 10.0. The summed E-state index contributed by atoms with van der Waals surface area (Å²) in [6.45, 7) is 15.3. The largest absolute Gasteiger partial charge is 0.506 e. The number of aromatic hydroxyl groups is 1. The first kappa shape index (κ1) is 22.3. The van der Waals surface area contributed by atoms with Crippen molar-refractivity contribution < 1.29 is 5.11 Å². The van der Waals surface area contributed by atoms with Gasteiger partial charge in [-0.05, 0) is 44.2 Å². The minimum atomic E-state index is -0.121. The van der Waals surface area contributed by atoms with Gasteiger partial charge in [0.2, 0.25) is 0 Å². The number of hydrogen-bond donors (Lipinski definition) is 2. The van der Waals surface area contributed by atoms with Gasteiger partial charge in [-0.15, -0.1) is 0 Å². The topological polar surface area (TPSA) is 53.3 Å². The summed E-state index contributed by atoms with van der Waals surface area (Å²) in [6.07, 6.45) is 1.08. The molecule has 1 aliphatic rings. The molecule has 1 unspecified atom stereocenters. The molecule has 160 valence electrons. The standard InChI is InChI=1S/C22H32Cl2N4O/c1-13(2)27-8-7-15(12-27)28-14(3)21(24)26-20(28)11-25-18-9-16(22(4,5)6)17(23)10-19(18)29/h9-10,13,15,25,29H,7-8,11-12H2,1-6H3. The van der Waals surface area contributed by atoms with Crippen molar-refractivity contribution in [2.45, 2.75) is 72.0 Å². The Morgan fingerprint density at radius 1 is 1.28 bits per heavy atom. The molecule has 2 aromatic rings. The van der Waals surface area contributed by atoms with Crippen molar-refractivity contribution in [3.63, 3.8) is 0 Å². The number of nitrogens with zero attached hydrogens (tertiary/aromatic N) is 3. The van der Waals surface area contributed by atoms with Crippen molar-refractivity contribution in [3.05, 3.63) is 39.4 Å². The average molecular weight is 439 g/mol. The quantitative estimate of drug-likeness (QED) is 0.581. The summed E-state index contributed by atoms with van der Waals surface area (Å²) in [5, 5.41) is 14.8. The van der Waals surface area contributed by atoms with Gasteiger partial charge in [-0.25, -0.2) is 4.98 Å². The van der Waals surface area contributed by atoms with E-state index in [4.69, 9.17) is 23.2 Å². The molecular formula is C22H32Cl2N4O. The van der Waals surface area contributed by atoms with Crippen LogP contribution in [0.2, 0.25) is 10.2 Å². The molecule has 0 bridgehead atoms. The van der Waals surface area contributed by atoms with Crippen LogP contribution in [-0.2, 0) is 12.0 Å². The fourth-order valence-corrected chi connectivity index (χ4v) is 4.68. The molecule has 0 radical (unpaired) electrons. The second-order valence-electron chi connectivity index (χ2n) is 9.26. The van der Waals surface area contributed by atoms with Gasteiger partial charge in [0.15, 0.2) is 0 Å². The van der Waals surface area contributed by atoms with E-state index in [0.29, 0.717) is 34.5 Å². The lowest BCUT2D eigenvalue weighted by molar-refractivity contribution is 0.264. The number of rotatable bonds is 5. The third kappa shape index (κ3) is 4.68. The summed E-state index contributed by atoms with van der Waals surface area (Å²) < 4.78 is 2.26. The molecule has 2 N–H and O–H groups in total. The summed E-state index contributed by atoms with van der Waals surface area (Å²) in [4.78, 5) is 7.08. The predicted octanol–water partition coefficient (Wildman–Crippen LogP) is 5.77. The van der Waals surface area contributed by atoms with Gasteiger partial charge in [0.25, 0.3) is 0 Å². The highest BCUT2D eigenvalue weighted by Gasteiger charge is 2.29. The van der Waals surface area contributed by atoms with E-state index >= 15 is 0 Å². The molecule has 1 fully saturated rings. The molecule has 5 nitrogen and oxygen atoms in total. The number of nitrogens with one attached hydrogen (secondary N) is 1. The zero-order valence-electron chi connectivity index (χ0n) is 18.2. The van der Waals surface area contributed by atoms with Crippen molar-refractivity contribution >= 4 is 28.9 Å². The van der Waals surface area contributed by atoms with Crippen LogP contribution in [0.15, 0.2) is 12.1 Å². The molecule has 3 rings (SSSR count). The van der Waals surface area contributed by atoms with E-state index in [9.17, 15) is 5.11 Å². The van der Waals surface area contributed by atoms with E-state index in [-0.39, 0.29) is 11.2 Å². The van der Waals surface area contributed by atoms with Crippen molar-refractivity contribution in [1.29, 1.82) is 0 Å². The highest BCUT2D eigenvalue weighted by atomic mass is 35.5. The molecular weight excluding hydrogens is 407 g/mol. The normalized spacial score (nSPS) is 18.0. The van der Waals surface area contributed by atoms with Gasteiger partial charge < -0.3 is 15.0 Å². The maximum atomic E-state index is 10.4. The Labute approximate surface area is 184 Å². The highest BCUT2D eigenvalue weighted by molar-refractivity contribution is 6.31. The molecule has 0 amide bonds. The monoisotopic (exact) mass is 438 g/mol. The Kier molecular flexibility index (Phi) is 6.42. The summed E-state index contributed by atoms with van der Waals surface area (Å²) >= 11 is 12.7. The zero-order valence-corrected chi connectivity index (χ0v) is 19.7. The average Bonchev–Trinajstić information content (AvgIpc) is 3.18. The van der Waals surface area contributed by atoms with E-state index in [1.807, 2.05) is 13.0 Å². The van der Waals surface area contributed by atoms with E-state index < -0.39 is 0 Å². The fourth-order valence-electron chi connectivity index (χ4n) is 4.05.